The van der Waals surface area contributed by atoms with Gasteiger partial charge in [0.1, 0.15) is 30.1 Å². The molecule has 0 bridgehead atoms. The Morgan fingerprint density at radius 3 is 2.37 bits per heavy atom. The number of fused-ring (bicyclic) bond motifs is 1. The molecule has 2 aliphatic rings. The Morgan fingerprint density at radius 2 is 1.63 bits per heavy atom. The average Bonchev–Trinajstić information content (AvgIpc) is 2.95. The summed E-state index contributed by atoms with van der Waals surface area (Å²) in [4.78, 5) is 24.6. The van der Waals surface area contributed by atoms with Crippen molar-refractivity contribution >= 4 is 17.8 Å². The molecule has 8 heteroatoms. The molecule has 0 aliphatic carbocycles. The summed E-state index contributed by atoms with van der Waals surface area (Å²) in [5.41, 5.74) is 2.03. The van der Waals surface area contributed by atoms with Gasteiger partial charge in [-0.05, 0) is 18.2 Å². The van der Waals surface area contributed by atoms with Gasteiger partial charge in [-0.1, -0.05) is 78.9 Å². The van der Waals surface area contributed by atoms with Crippen molar-refractivity contribution in [2.45, 2.75) is 43.9 Å². The van der Waals surface area contributed by atoms with Crippen LogP contribution in [0, 0.1) is 0 Å². The molecule has 2 fully saturated rings. The molecule has 0 aromatic heterocycles. The number of ether oxygens (including phenoxy) is 4. The van der Waals surface area contributed by atoms with Crippen LogP contribution in [0.3, 0.4) is 0 Å². The van der Waals surface area contributed by atoms with Crippen LogP contribution >= 0.6 is 0 Å². The molecular weight excluding hydrogens is 486 g/mol. The molecule has 6 atom stereocenters. The van der Waals surface area contributed by atoms with Crippen molar-refractivity contribution in [1.29, 1.82) is 0 Å². The van der Waals surface area contributed by atoms with Crippen molar-refractivity contribution in [1.82, 2.24) is 5.32 Å². The Bertz CT molecular complexity index is 1280. The molecule has 0 spiro atoms. The first-order valence-corrected chi connectivity index (χ1v) is 12.5. The highest BCUT2D eigenvalue weighted by molar-refractivity contribution is 6.06. The lowest BCUT2D eigenvalue weighted by Crippen LogP contribution is -2.67. The number of ketones is 1. The van der Waals surface area contributed by atoms with Crippen molar-refractivity contribution in [3.05, 3.63) is 108 Å². The molecule has 38 heavy (non-hydrogen) atoms. The van der Waals surface area contributed by atoms with Gasteiger partial charge in [-0.2, -0.15) is 0 Å². The van der Waals surface area contributed by atoms with Crippen LogP contribution in [0.1, 0.15) is 34.7 Å². The predicted octanol–water partition coefficient (Wildman–Crippen LogP) is 3.67. The number of hydrogen-bond donors (Lipinski definition) is 2. The Balaban J connectivity index is 1.35. The van der Waals surface area contributed by atoms with Gasteiger partial charge in [-0.3, -0.25) is 9.59 Å². The van der Waals surface area contributed by atoms with E-state index in [1.165, 1.54) is 13.0 Å². The summed E-state index contributed by atoms with van der Waals surface area (Å²) in [5, 5.41) is 14.0. The normalized spacial score (nSPS) is 26.9. The fourth-order valence-electron chi connectivity index (χ4n) is 4.58. The zero-order chi connectivity index (χ0) is 26.5. The summed E-state index contributed by atoms with van der Waals surface area (Å²) in [6.45, 7) is 1.53. The van der Waals surface area contributed by atoms with Gasteiger partial charge in [0.2, 0.25) is 12.2 Å². The van der Waals surface area contributed by atoms with Crippen molar-refractivity contribution < 1.29 is 33.6 Å². The highest BCUT2D eigenvalue weighted by atomic mass is 16.7. The summed E-state index contributed by atoms with van der Waals surface area (Å²) in [5.74, 6) is -0.0680. The van der Waals surface area contributed by atoms with Crippen LogP contribution < -0.4 is 10.1 Å². The number of rotatable bonds is 7. The third-order valence-electron chi connectivity index (χ3n) is 6.44. The number of benzene rings is 3. The fraction of sp³-hybridized carbons (Fsp3) is 0.267. The largest absolute Gasteiger partial charge is 0.462 e. The maximum atomic E-state index is 12.6. The van der Waals surface area contributed by atoms with Gasteiger partial charge in [0.15, 0.2) is 12.1 Å². The van der Waals surface area contributed by atoms with E-state index in [4.69, 9.17) is 18.9 Å². The number of hydrogen-bond acceptors (Lipinski definition) is 7. The Kier molecular flexibility index (Phi) is 7.95. The van der Waals surface area contributed by atoms with E-state index in [0.29, 0.717) is 16.9 Å². The lowest BCUT2D eigenvalue weighted by atomic mass is 9.95. The van der Waals surface area contributed by atoms with Crippen LogP contribution in [0.15, 0.2) is 91.0 Å². The third kappa shape index (κ3) is 5.84. The zero-order valence-electron chi connectivity index (χ0n) is 20.8. The van der Waals surface area contributed by atoms with Gasteiger partial charge in [0.05, 0.1) is 6.61 Å². The van der Waals surface area contributed by atoms with E-state index in [1.807, 2.05) is 42.5 Å². The van der Waals surface area contributed by atoms with Crippen LogP contribution in [-0.2, 0) is 19.0 Å². The van der Waals surface area contributed by atoms with Crippen molar-refractivity contribution in [2.24, 2.45) is 0 Å². The minimum Gasteiger partial charge on any atom is -0.462 e. The molecule has 0 radical (unpaired) electrons. The molecule has 5 rings (SSSR count). The number of amides is 1. The Morgan fingerprint density at radius 1 is 0.947 bits per heavy atom. The van der Waals surface area contributed by atoms with Crippen LogP contribution in [0.25, 0.3) is 6.08 Å². The zero-order valence-corrected chi connectivity index (χ0v) is 20.8. The smallest absolute Gasteiger partial charge is 0.223 e. The monoisotopic (exact) mass is 515 g/mol. The van der Waals surface area contributed by atoms with E-state index in [9.17, 15) is 14.7 Å². The summed E-state index contributed by atoms with van der Waals surface area (Å²) in [6, 6.07) is 24.6. The Labute approximate surface area is 220 Å². The molecule has 196 valence electrons. The summed E-state index contributed by atoms with van der Waals surface area (Å²) < 4.78 is 24.3. The average molecular weight is 516 g/mol. The van der Waals surface area contributed by atoms with Crippen molar-refractivity contribution in [3.63, 3.8) is 0 Å². The first-order valence-electron chi connectivity index (χ1n) is 12.5. The number of aliphatic hydroxyl groups is 1. The quantitative estimate of drug-likeness (QED) is 0.366. The van der Waals surface area contributed by atoms with E-state index in [1.54, 1.807) is 48.5 Å². The first kappa shape index (κ1) is 25.8. The maximum absolute atomic E-state index is 12.6. The Hall–Kier alpha value is -3.82. The van der Waals surface area contributed by atoms with Crippen molar-refractivity contribution in [3.8, 4) is 5.75 Å². The van der Waals surface area contributed by atoms with Gasteiger partial charge in [0.25, 0.3) is 0 Å². The molecule has 3 aromatic rings. The lowest BCUT2D eigenvalue weighted by molar-refractivity contribution is -0.333. The number of aliphatic hydroxyl groups excluding tert-OH is 1. The van der Waals surface area contributed by atoms with Gasteiger partial charge in [-0.25, -0.2) is 0 Å². The molecule has 1 amide bonds. The van der Waals surface area contributed by atoms with Crippen molar-refractivity contribution in [2.75, 3.05) is 6.61 Å². The number of carbonyl (C=O) groups is 2. The number of para-hydroxylation sites is 1. The van der Waals surface area contributed by atoms with E-state index in [0.717, 1.165) is 5.56 Å². The summed E-state index contributed by atoms with van der Waals surface area (Å²) >= 11 is 0. The summed E-state index contributed by atoms with van der Waals surface area (Å²) in [7, 11) is 0. The van der Waals surface area contributed by atoms with Crippen LogP contribution in [0.4, 0.5) is 0 Å². The van der Waals surface area contributed by atoms with E-state index >= 15 is 0 Å². The molecular formula is C30H29NO7. The number of carbonyl (C=O) groups excluding carboxylic acids is 2. The van der Waals surface area contributed by atoms with E-state index < -0.39 is 36.9 Å². The second kappa shape index (κ2) is 11.7. The SMILES string of the molecule is CC(=O)N[C@H]1[C@H](Oc2ccccc2/C=C/C(=O)c2ccccc2)O[C@@H]2CO[C@H](c3ccccc3)O[C@H]2[C@@H]1O. The number of allylic oxidation sites excluding steroid dienone is 1. The minimum atomic E-state index is -1.12. The first-order chi connectivity index (χ1) is 18.5. The molecule has 0 unspecified atom stereocenters. The van der Waals surface area contributed by atoms with Gasteiger partial charge >= 0.3 is 0 Å². The van der Waals surface area contributed by atoms with Crippen LogP contribution in [0.5, 0.6) is 5.75 Å². The van der Waals surface area contributed by atoms with Gasteiger partial charge in [-0.15, -0.1) is 0 Å². The standard InChI is InChI=1S/C30H29NO7/c1-19(32)31-26-27(34)28-25(18-35-29(38-28)22-13-6-3-7-14-22)37-30(26)36-24-15-9-8-12-21(24)16-17-23(33)20-10-4-2-5-11-20/h2-17,25-30,34H,18H2,1H3,(H,31,32)/b17-16+/t25-,26-,27-,28-,29+,30-/m1/s1. The predicted molar refractivity (Wildman–Crippen MR) is 139 cm³/mol. The molecule has 2 N–H and O–H groups in total. The minimum absolute atomic E-state index is 0.145. The van der Waals surface area contributed by atoms with Gasteiger partial charge < -0.3 is 29.4 Å². The summed E-state index contributed by atoms with van der Waals surface area (Å²) in [6.07, 6.45) is -1.06. The van der Waals surface area contributed by atoms with E-state index in [-0.39, 0.29) is 18.3 Å². The number of nitrogens with one attached hydrogen (secondary N) is 1. The molecule has 8 nitrogen and oxygen atoms in total. The second-order valence-electron chi connectivity index (χ2n) is 9.16. The lowest BCUT2D eigenvalue weighted by Gasteiger charge is -2.47. The fourth-order valence-corrected chi connectivity index (χ4v) is 4.58. The third-order valence-corrected chi connectivity index (χ3v) is 6.44. The van der Waals surface area contributed by atoms with Crippen LogP contribution in [0.2, 0.25) is 0 Å². The second-order valence-corrected chi connectivity index (χ2v) is 9.16. The van der Waals surface area contributed by atoms with Gasteiger partial charge in [0, 0.05) is 23.6 Å². The van der Waals surface area contributed by atoms with Crippen LogP contribution in [-0.4, -0.2) is 54.0 Å². The highest BCUT2D eigenvalue weighted by Crippen LogP contribution is 2.35. The maximum Gasteiger partial charge on any atom is 0.223 e. The molecule has 3 aromatic carbocycles. The van der Waals surface area contributed by atoms with E-state index in [2.05, 4.69) is 5.32 Å². The molecule has 2 saturated heterocycles. The molecule has 0 saturated carbocycles. The molecule has 2 heterocycles. The molecule has 2 aliphatic heterocycles. The highest BCUT2D eigenvalue weighted by Gasteiger charge is 2.50. The topological polar surface area (TPSA) is 103 Å².